The summed E-state index contributed by atoms with van der Waals surface area (Å²) in [6.07, 6.45) is 13.7. The molecule has 6 heteroatoms. The molecule has 0 bridgehead atoms. The van der Waals surface area contributed by atoms with Gasteiger partial charge in [-0.25, -0.2) is 9.97 Å². The van der Waals surface area contributed by atoms with Crippen molar-refractivity contribution in [2.24, 2.45) is 0 Å². The molecule has 2 N–H and O–H groups in total. The van der Waals surface area contributed by atoms with Crippen LogP contribution in [0, 0.1) is 0 Å². The second-order valence-corrected chi connectivity index (χ2v) is 9.91. The first-order chi connectivity index (χ1) is 15.3. The number of nitrogens with one attached hydrogen (secondary N) is 2. The molecule has 1 aromatic carbocycles. The third kappa shape index (κ3) is 4.59. The molecule has 2 heterocycles. The molecule has 5 nitrogen and oxygen atoms in total. The van der Waals surface area contributed by atoms with Crippen molar-refractivity contribution in [3.8, 4) is 0 Å². The molecular weight excluding hydrogens is 404 g/mol. The molecular formula is C25H30N4OS. The van der Waals surface area contributed by atoms with Crippen LogP contribution >= 0.6 is 11.3 Å². The minimum Gasteiger partial charge on any atom is -0.365 e. The number of aryl methyl sites for hydroxylation is 2. The topological polar surface area (TPSA) is 66.9 Å². The number of anilines is 1. The monoisotopic (exact) mass is 434 g/mol. The van der Waals surface area contributed by atoms with Crippen molar-refractivity contribution in [3.05, 3.63) is 52.2 Å². The largest absolute Gasteiger partial charge is 0.365 e. The van der Waals surface area contributed by atoms with Crippen molar-refractivity contribution in [1.82, 2.24) is 15.3 Å². The minimum atomic E-state index is 0.0498. The lowest BCUT2D eigenvalue weighted by atomic mass is 9.97. The van der Waals surface area contributed by atoms with E-state index in [9.17, 15) is 4.79 Å². The molecule has 31 heavy (non-hydrogen) atoms. The van der Waals surface area contributed by atoms with Gasteiger partial charge in [-0.1, -0.05) is 37.8 Å². The van der Waals surface area contributed by atoms with E-state index in [1.54, 1.807) is 6.33 Å². The number of amides is 1. The Morgan fingerprint density at radius 2 is 1.74 bits per heavy atom. The van der Waals surface area contributed by atoms with Crippen LogP contribution < -0.4 is 10.6 Å². The molecule has 2 aliphatic carbocycles. The van der Waals surface area contributed by atoms with Gasteiger partial charge in [0, 0.05) is 23.0 Å². The average molecular weight is 435 g/mol. The van der Waals surface area contributed by atoms with Crippen LogP contribution in [0.25, 0.3) is 10.2 Å². The zero-order valence-electron chi connectivity index (χ0n) is 18.0. The van der Waals surface area contributed by atoms with Gasteiger partial charge in [-0.05, 0) is 61.8 Å². The van der Waals surface area contributed by atoms with Crippen LogP contribution in [0.4, 0.5) is 5.82 Å². The van der Waals surface area contributed by atoms with E-state index >= 15 is 0 Å². The summed E-state index contributed by atoms with van der Waals surface area (Å²) >= 11 is 1.82. The van der Waals surface area contributed by atoms with Gasteiger partial charge in [-0.15, -0.1) is 11.3 Å². The normalized spacial score (nSPS) is 17.2. The molecule has 0 unspecified atom stereocenters. The highest BCUT2D eigenvalue weighted by molar-refractivity contribution is 7.19. The highest BCUT2D eigenvalue weighted by Gasteiger charge is 2.20. The van der Waals surface area contributed by atoms with Gasteiger partial charge in [0.1, 0.15) is 17.0 Å². The molecule has 5 rings (SSSR count). The van der Waals surface area contributed by atoms with Crippen molar-refractivity contribution < 1.29 is 4.79 Å². The van der Waals surface area contributed by atoms with Crippen molar-refractivity contribution in [2.75, 3.05) is 5.32 Å². The Kier molecular flexibility index (Phi) is 6.16. The molecule has 0 saturated heterocycles. The van der Waals surface area contributed by atoms with E-state index in [-0.39, 0.29) is 5.91 Å². The Morgan fingerprint density at radius 3 is 2.55 bits per heavy atom. The Labute approximate surface area is 187 Å². The van der Waals surface area contributed by atoms with E-state index in [4.69, 9.17) is 0 Å². The lowest BCUT2D eigenvalue weighted by Gasteiger charge is -2.16. The fraction of sp³-hybridized carbons (Fsp3) is 0.480. The van der Waals surface area contributed by atoms with Gasteiger partial charge < -0.3 is 10.6 Å². The average Bonchev–Trinajstić information content (AvgIpc) is 3.00. The number of aromatic nitrogens is 2. The summed E-state index contributed by atoms with van der Waals surface area (Å²) in [4.78, 5) is 24.3. The standard InChI is InChI=1S/C25H30N4OS/c30-24(29-19-7-3-1-2-4-8-19)18-13-11-17(12-14-18)15-26-23-22-20-9-5-6-10-21(20)31-25(22)28-16-27-23/h11-14,16,19H,1-10,15H2,(H,29,30)(H,26,27,28). The van der Waals surface area contributed by atoms with Crippen molar-refractivity contribution in [2.45, 2.75) is 76.8 Å². The van der Waals surface area contributed by atoms with Crippen molar-refractivity contribution in [1.29, 1.82) is 0 Å². The predicted octanol–water partition coefficient (Wildman–Crippen LogP) is 5.63. The number of fused-ring (bicyclic) bond motifs is 3. The number of hydrogen-bond donors (Lipinski definition) is 2. The first kappa shape index (κ1) is 20.4. The fourth-order valence-corrected chi connectivity index (χ4v) is 6.11. The highest BCUT2D eigenvalue weighted by Crippen LogP contribution is 2.38. The van der Waals surface area contributed by atoms with E-state index in [0.29, 0.717) is 12.6 Å². The Balaban J connectivity index is 1.24. The molecule has 0 aliphatic heterocycles. The van der Waals surface area contributed by atoms with Crippen LogP contribution in [-0.4, -0.2) is 21.9 Å². The number of carbonyl (C=O) groups is 1. The number of nitrogens with zero attached hydrogens (tertiary/aromatic N) is 2. The molecule has 1 fully saturated rings. The molecule has 3 aromatic rings. The summed E-state index contributed by atoms with van der Waals surface area (Å²) in [5, 5.41) is 7.95. The summed E-state index contributed by atoms with van der Waals surface area (Å²) in [5.41, 5.74) is 3.33. The number of thiophene rings is 1. The van der Waals surface area contributed by atoms with Gasteiger partial charge in [0.2, 0.25) is 0 Å². The van der Waals surface area contributed by atoms with Crippen LogP contribution in [0.3, 0.4) is 0 Å². The van der Waals surface area contributed by atoms with Gasteiger partial charge in [0.15, 0.2) is 0 Å². The molecule has 2 aliphatic rings. The van der Waals surface area contributed by atoms with Gasteiger partial charge >= 0.3 is 0 Å². The molecule has 2 aromatic heterocycles. The minimum absolute atomic E-state index is 0.0498. The van der Waals surface area contributed by atoms with E-state index in [1.807, 2.05) is 35.6 Å². The van der Waals surface area contributed by atoms with Crippen LogP contribution in [0.2, 0.25) is 0 Å². The maximum atomic E-state index is 12.6. The number of carbonyl (C=O) groups excluding carboxylic acids is 1. The number of rotatable bonds is 5. The second kappa shape index (κ2) is 9.35. The van der Waals surface area contributed by atoms with E-state index in [1.165, 1.54) is 60.8 Å². The molecule has 1 amide bonds. The van der Waals surface area contributed by atoms with Gasteiger partial charge in [0.05, 0.1) is 5.39 Å². The Hall–Kier alpha value is -2.47. The number of benzene rings is 1. The van der Waals surface area contributed by atoms with Crippen molar-refractivity contribution in [3.63, 3.8) is 0 Å². The summed E-state index contributed by atoms with van der Waals surface area (Å²) in [6, 6.07) is 8.27. The molecule has 0 atom stereocenters. The lowest BCUT2D eigenvalue weighted by molar-refractivity contribution is 0.0933. The Bertz CT molecular complexity index is 1050. The Morgan fingerprint density at radius 1 is 0.968 bits per heavy atom. The first-order valence-electron chi connectivity index (χ1n) is 11.7. The lowest BCUT2D eigenvalue weighted by Crippen LogP contribution is -2.34. The maximum absolute atomic E-state index is 12.6. The molecule has 0 spiro atoms. The molecule has 0 radical (unpaired) electrons. The molecule has 162 valence electrons. The van der Waals surface area contributed by atoms with Crippen LogP contribution in [0.1, 0.15) is 77.7 Å². The smallest absolute Gasteiger partial charge is 0.251 e. The highest BCUT2D eigenvalue weighted by atomic mass is 32.1. The zero-order chi connectivity index (χ0) is 21.0. The SMILES string of the molecule is O=C(NC1CCCCCC1)c1ccc(CNc2ncnc3sc4c(c23)CCCC4)cc1. The summed E-state index contributed by atoms with van der Waals surface area (Å²) in [5.74, 6) is 0.980. The summed E-state index contributed by atoms with van der Waals surface area (Å²) in [7, 11) is 0. The van der Waals surface area contributed by atoms with Gasteiger partial charge in [0.25, 0.3) is 5.91 Å². The van der Waals surface area contributed by atoms with Gasteiger partial charge in [-0.2, -0.15) is 0 Å². The van der Waals surface area contributed by atoms with Crippen LogP contribution in [-0.2, 0) is 19.4 Å². The van der Waals surface area contributed by atoms with E-state index in [0.717, 1.165) is 41.0 Å². The predicted molar refractivity (Wildman–Crippen MR) is 127 cm³/mol. The quantitative estimate of drug-likeness (QED) is 0.510. The zero-order valence-corrected chi connectivity index (χ0v) is 18.8. The van der Waals surface area contributed by atoms with Gasteiger partial charge in [-0.3, -0.25) is 4.79 Å². The molecule has 1 saturated carbocycles. The van der Waals surface area contributed by atoms with Crippen LogP contribution in [0.15, 0.2) is 30.6 Å². The third-order valence-corrected chi connectivity index (χ3v) is 7.82. The maximum Gasteiger partial charge on any atom is 0.251 e. The summed E-state index contributed by atoms with van der Waals surface area (Å²) in [6.45, 7) is 0.682. The van der Waals surface area contributed by atoms with E-state index < -0.39 is 0 Å². The van der Waals surface area contributed by atoms with Crippen LogP contribution in [0.5, 0.6) is 0 Å². The third-order valence-electron chi connectivity index (χ3n) is 6.62. The summed E-state index contributed by atoms with van der Waals surface area (Å²) < 4.78 is 0. The van der Waals surface area contributed by atoms with E-state index in [2.05, 4.69) is 20.6 Å². The first-order valence-corrected chi connectivity index (χ1v) is 12.5. The fourth-order valence-electron chi connectivity index (χ4n) is 4.88. The van der Waals surface area contributed by atoms with Crippen molar-refractivity contribution >= 4 is 33.3 Å². The number of hydrogen-bond acceptors (Lipinski definition) is 5. The second-order valence-electron chi connectivity index (χ2n) is 8.83.